The minimum absolute atomic E-state index is 0.655. The normalized spacial score (nSPS) is 12.6. The lowest BCUT2D eigenvalue weighted by Gasteiger charge is -2.02. The van der Waals surface area contributed by atoms with Crippen LogP contribution in [0.3, 0.4) is 0 Å². The van der Waals surface area contributed by atoms with Crippen LogP contribution in [0.15, 0.2) is 12.2 Å². The Morgan fingerprint density at radius 3 is 2.25 bits per heavy atom. The maximum absolute atomic E-state index is 10.6. The molecule has 0 spiro atoms. The molecule has 5 heteroatoms. The zero-order valence-corrected chi connectivity index (χ0v) is 6.81. The summed E-state index contributed by atoms with van der Waals surface area (Å²) in [7, 11) is 1.19. The molecule has 5 nitrogen and oxygen atoms in total. The van der Waals surface area contributed by atoms with Crippen LogP contribution in [0, 0.1) is 0 Å². The van der Waals surface area contributed by atoms with Crippen LogP contribution < -0.4 is 0 Å². The number of carbonyl (C=O) groups excluding carboxylic acids is 2. The lowest BCUT2D eigenvalue weighted by atomic mass is 10.5. The summed E-state index contributed by atoms with van der Waals surface area (Å²) in [5, 5.41) is 8.55. The van der Waals surface area contributed by atoms with Gasteiger partial charge in [-0.1, -0.05) is 0 Å². The molecule has 0 rings (SSSR count). The number of rotatable bonds is 3. The van der Waals surface area contributed by atoms with Gasteiger partial charge in [0.05, 0.1) is 7.11 Å². The van der Waals surface area contributed by atoms with E-state index in [0.29, 0.717) is 0 Å². The van der Waals surface area contributed by atoms with E-state index < -0.39 is 18.2 Å². The first-order chi connectivity index (χ1) is 5.56. The van der Waals surface area contributed by atoms with Crippen LogP contribution in [0.5, 0.6) is 0 Å². The molecule has 1 atom stereocenters. The molecule has 1 unspecified atom stereocenters. The van der Waals surface area contributed by atoms with Gasteiger partial charge in [-0.25, -0.2) is 9.59 Å². The fraction of sp³-hybridized carbons (Fsp3) is 0.429. The highest BCUT2D eigenvalue weighted by Crippen LogP contribution is 1.88. The molecule has 0 fully saturated rings. The van der Waals surface area contributed by atoms with Gasteiger partial charge < -0.3 is 14.6 Å². The van der Waals surface area contributed by atoms with Crippen molar-refractivity contribution in [2.45, 2.75) is 13.2 Å². The Morgan fingerprint density at radius 2 is 1.83 bits per heavy atom. The topological polar surface area (TPSA) is 72.8 Å². The number of carbonyl (C=O) groups is 2. The van der Waals surface area contributed by atoms with Crippen LogP contribution >= 0.6 is 0 Å². The van der Waals surface area contributed by atoms with Gasteiger partial charge in [0.15, 0.2) is 6.29 Å². The molecule has 12 heavy (non-hydrogen) atoms. The summed E-state index contributed by atoms with van der Waals surface area (Å²) in [4.78, 5) is 21.0. The van der Waals surface area contributed by atoms with Crippen molar-refractivity contribution in [1.82, 2.24) is 0 Å². The third-order valence-electron chi connectivity index (χ3n) is 0.843. The van der Waals surface area contributed by atoms with Crippen molar-refractivity contribution in [2.24, 2.45) is 0 Å². The van der Waals surface area contributed by atoms with Gasteiger partial charge in [-0.05, 0) is 6.92 Å². The molecule has 0 bridgehead atoms. The largest absolute Gasteiger partial charge is 0.466 e. The molecule has 0 heterocycles. The van der Waals surface area contributed by atoms with Crippen LogP contribution in [0.4, 0.5) is 0 Å². The molecule has 0 aliphatic rings. The SMILES string of the molecule is COC(=O)C=CC(=O)OC(C)O. The van der Waals surface area contributed by atoms with Crippen molar-refractivity contribution in [3.63, 3.8) is 0 Å². The Balaban J connectivity index is 3.83. The van der Waals surface area contributed by atoms with Gasteiger partial charge in [0, 0.05) is 12.2 Å². The number of hydrogen-bond donors (Lipinski definition) is 1. The maximum Gasteiger partial charge on any atom is 0.333 e. The lowest BCUT2D eigenvalue weighted by Crippen LogP contribution is -2.11. The van der Waals surface area contributed by atoms with E-state index in [1.165, 1.54) is 14.0 Å². The predicted octanol–water partition coefficient (Wildman–Crippen LogP) is -0.403. The van der Waals surface area contributed by atoms with Crippen LogP contribution in [-0.4, -0.2) is 30.4 Å². The summed E-state index contributed by atoms with van der Waals surface area (Å²) in [6.07, 6.45) is 0.600. The molecule has 0 saturated carbocycles. The van der Waals surface area contributed by atoms with Crippen molar-refractivity contribution in [3.8, 4) is 0 Å². The van der Waals surface area contributed by atoms with Gasteiger partial charge in [0.2, 0.25) is 0 Å². The molecule has 0 aromatic carbocycles. The standard InChI is InChI=1S/C7H10O5/c1-5(8)12-7(10)4-3-6(9)11-2/h3-5,8H,1-2H3. The fourth-order valence-electron chi connectivity index (χ4n) is 0.412. The number of esters is 2. The number of ether oxygens (including phenoxy) is 2. The average Bonchev–Trinajstić information content (AvgIpc) is 1.99. The summed E-state index contributed by atoms with van der Waals surface area (Å²) < 4.78 is 8.48. The van der Waals surface area contributed by atoms with Crippen molar-refractivity contribution >= 4 is 11.9 Å². The molecule has 0 aliphatic carbocycles. The first-order valence-electron chi connectivity index (χ1n) is 3.21. The first kappa shape index (κ1) is 10.6. The van der Waals surface area contributed by atoms with Crippen molar-refractivity contribution < 1.29 is 24.2 Å². The minimum atomic E-state index is -1.18. The summed E-state index contributed by atoms with van der Waals surface area (Å²) >= 11 is 0. The summed E-state index contributed by atoms with van der Waals surface area (Å²) in [5.74, 6) is -1.45. The van der Waals surface area contributed by atoms with Gasteiger partial charge in [-0.2, -0.15) is 0 Å². The highest BCUT2D eigenvalue weighted by atomic mass is 16.6. The summed E-state index contributed by atoms with van der Waals surface area (Å²) in [6.45, 7) is 1.28. The molecule has 0 radical (unpaired) electrons. The first-order valence-corrected chi connectivity index (χ1v) is 3.21. The van der Waals surface area contributed by atoms with Crippen molar-refractivity contribution in [2.75, 3.05) is 7.11 Å². The monoisotopic (exact) mass is 174 g/mol. The molecular formula is C7H10O5. The molecule has 1 N–H and O–H groups in total. The van der Waals surface area contributed by atoms with Gasteiger partial charge in [0.25, 0.3) is 0 Å². The minimum Gasteiger partial charge on any atom is -0.466 e. The fourth-order valence-corrected chi connectivity index (χ4v) is 0.412. The van der Waals surface area contributed by atoms with Crippen LogP contribution in [0.1, 0.15) is 6.92 Å². The molecule has 0 aromatic heterocycles. The van der Waals surface area contributed by atoms with E-state index in [4.69, 9.17) is 5.11 Å². The second kappa shape index (κ2) is 5.31. The lowest BCUT2D eigenvalue weighted by molar-refractivity contribution is -0.158. The van der Waals surface area contributed by atoms with E-state index >= 15 is 0 Å². The van der Waals surface area contributed by atoms with Gasteiger partial charge in [-0.3, -0.25) is 0 Å². The van der Waals surface area contributed by atoms with Gasteiger partial charge in [-0.15, -0.1) is 0 Å². The Morgan fingerprint density at radius 1 is 1.33 bits per heavy atom. The third-order valence-corrected chi connectivity index (χ3v) is 0.843. The van der Waals surface area contributed by atoms with E-state index in [9.17, 15) is 9.59 Å². The van der Waals surface area contributed by atoms with E-state index in [-0.39, 0.29) is 0 Å². The second-order valence-corrected chi connectivity index (χ2v) is 1.89. The number of aliphatic hydroxyl groups excluding tert-OH is 1. The van der Waals surface area contributed by atoms with Crippen LogP contribution in [0.25, 0.3) is 0 Å². The van der Waals surface area contributed by atoms with E-state index in [1.54, 1.807) is 0 Å². The van der Waals surface area contributed by atoms with E-state index in [2.05, 4.69) is 9.47 Å². The Labute approximate surface area is 69.6 Å². The maximum atomic E-state index is 10.6. The zero-order chi connectivity index (χ0) is 9.56. The number of hydrogen-bond acceptors (Lipinski definition) is 5. The summed E-state index contributed by atoms with van der Waals surface area (Å²) in [5.41, 5.74) is 0. The quantitative estimate of drug-likeness (QED) is 0.358. The molecular weight excluding hydrogens is 164 g/mol. The Kier molecular flexibility index (Phi) is 4.71. The van der Waals surface area contributed by atoms with Gasteiger partial charge in [0.1, 0.15) is 0 Å². The number of aliphatic hydroxyl groups is 1. The molecule has 0 aromatic rings. The highest BCUT2D eigenvalue weighted by molar-refractivity contribution is 5.91. The average molecular weight is 174 g/mol. The highest BCUT2D eigenvalue weighted by Gasteiger charge is 2.02. The van der Waals surface area contributed by atoms with Crippen LogP contribution in [0.2, 0.25) is 0 Å². The molecule has 0 aliphatic heterocycles. The molecule has 68 valence electrons. The van der Waals surface area contributed by atoms with Crippen molar-refractivity contribution in [3.05, 3.63) is 12.2 Å². The van der Waals surface area contributed by atoms with E-state index in [1.807, 2.05) is 0 Å². The van der Waals surface area contributed by atoms with Crippen molar-refractivity contribution in [1.29, 1.82) is 0 Å². The van der Waals surface area contributed by atoms with Gasteiger partial charge >= 0.3 is 11.9 Å². The second-order valence-electron chi connectivity index (χ2n) is 1.89. The van der Waals surface area contributed by atoms with E-state index in [0.717, 1.165) is 12.2 Å². The number of methoxy groups -OCH3 is 1. The molecule has 0 amide bonds. The Hall–Kier alpha value is -1.36. The molecule has 0 saturated heterocycles. The smallest absolute Gasteiger partial charge is 0.333 e. The zero-order valence-electron chi connectivity index (χ0n) is 6.81. The summed E-state index contributed by atoms with van der Waals surface area (Å²) in [6, 6.07) is 0. The Bertz CT molecular complexity index is 194. The van der Waals surface area contributed by atoms with Crippen LogP contribution in [-0.2, 0) is 19.1 Å². The predicted molar refractivity (Wildman–Crippen MR) is 38.9 cm³/mol. The third kappa shape index (κ3) is 5.43.